The number of aromatic carboxylic acids is 1. The Morgan fingerprint density at radius 1 is 0.681 bits per heavy atom. The van der Waals surface area contributed by atoms with Crippen molar-refractivity contribution >= 4 is 24.3 Å². The van der Waals surface area contributed by atoms with Crippen molar-refractivity contribution in [1.82, 2.24) is 40.6 Å². The lowest BCUT2D eigenvalue weighted by molar-refractivity contribution is 0.0692. The quantitative estimate of drug-likeness (QED) is 0.0801. The number of nitrogens with zero attached hydrogens (tertiary/aromatic N) is 7. The van der Waals surface area contributed by atoms with Gasteiger partial charge in [-0.2, -0.15) is 20.7 Å². The molecule has 16 heteroatoms. The van der Waals surface area contributed by atoms with Gasteiger partial charge >= 0.3 is 5.97 Å². The molecule has 0 spiro atoms. The highest BCUT2D eigenvalue weighted by Gasteiger charge is 2.27. The molecular formula is C56H69ClN10O5. The van der Waals surface area contributed by atoms with E-state index >= 15 is 0 Å². The Balaban J connectivity index is 0.000000221. The zero-order chi connectivity index (χ0) is 51.0. The van der Waals surface area contributed by atoms with Crippen molar-refractivity contribution in [3.8, 4) is 34.9 Å². The van der Waals surface area contributed by atoms with Crippen molar-refractivity contribution in [3.63, 3.8) is 0 Å². The van der Waals surface area contributed by atoms with Gasteiger partial charge in [0, 0.05) is 56.8 Å². The minimum absolute atomic E-state index is 0. The van der Waals surface area contributed by atoms with Crippen molar-refractivity contribution in [3.05, 3.63) is 140 Å². The summed E-state index contributed by atoms with van der Waals surface area (Å²) in [5.74, 6) is 3.38. The maximum Gasteiger partial charge on any atom is 0.335 e. The molecular weight excluding hydrogens is 928 g/mol. The van der Waals surface area contributed by atoms with Crippen molar-refractivity contribution in [1.29, 1.82) is 10.5 Å². The van der Waals surface area contributed by atoms with E-state index in [9.17, 15) is 14.7 Å². The van der Waals surface area contributed by atoms with Gasteiger partial charge in [-0.25, -0.2) is 14.8 Å². The van der Waals surface area contributed by atoms with E-state index in [1.54, 1.807) is 27.2 Å². The maximum absolute atomic E-state index is 13.6. The van der Waals surface area contributed by atoms with Crippen LogP contribution in [-0.4, -0.2) is 106 Å². The molecule has 4 heterocycles. The molecule has 72 heavy (non-hydrogen) atoms. The standard InChI is InChI=1S/C28H33N5O2.C16H21N3O3.C12H14N2.ClH/c1-18(2)23-15-19(3)24(16-25(23)27-30-26(31-32-27)11-14-35-4)28(34)33-12-9-22(10-13-33)21-7-5-20(17-29)6-8-21;1-9(2)11-7-10(3)12(16(20)21)8-13(11)15-17-14(18-19-15)5-6-22-4;13-9-10-1-3-11(4-2-10)12-5-7-14-8-6-12;/h5-8,15-16,18,22H,9-14H2,1-4H3,(H,30,31,32);7-9H,5-6H2,1-4H3,(H,20,21)(H,17,18,19);1-4,12,14H,5-8H2;1H. The second kappa shape index (κ2) is 27.2. The van der Waals surface area contributed by atoms with Crippen LogP contribution in [-0.2, 0) is 22.3 Å². The van der Waals surface area contributed by atoms with Gasteiger partial charge in [0.05, 0.1) is 42.0 Å². The lowest BCUT2D eigenvalue weighted by Gasteiger charge is -2.33. The smallest absolute Gasteiger partial charge is 0.335 e. The van der Waals surface area contributed by atoms with Crippen LogP contribution in [0.1, 0.15) is 154 Å². The number of amides is 1. The van der Waals surface area contributed by atoms with Crippen molar-refractivity contribution < 1.29 is 24.2 Å². The van der Waals surface area contributed by atoms with E-state index < -0.39 is 5.97 Å². The summed E-state index contributed by atoms with van der Waals surface area (Å²) in [6, 6.07) is 27.8. The molecule has 380 valence electrons. The zero-order valence-corrected chi connectivity index (χ0v) is 43.7. The van der Waals surface area contributed by atoms with Gasteiger partial charge < -0.3 is 24.8 Å². The fraction of sp³-hybridized carbons (Fsp3) is 0.429. The fourth-order valence-corrected chi connectivity index (χ4v) is 9.12. The zero-order valence-electron chi connectivity index (χ0n) is 42.8. The van der Waals surface area contributed by atoms with E-state index in [2.05, 4.69) is 93.7 Å². The van der Waals surface area contributed by atoms with Gasteiger partial charge in [0.15, 0.2) is 11.6 Å². The average molecular weight is 998 g/mol. The lowest BCUT2D eigenvalue weighted by atomic mass is 9.88. The van der Waals surface area contributed by atoms with Crippen molar-refractivity contribution in [2.75, 3.05) is 53.6 Å². The van der Waals surface area contributed by atoms with Crippen LogP contribution in [0.3, 0.4) is 0 Å². The SMILES string of the molecule is COCCc1nc(-c2cc(C(=O)N3CCC(c4ccc(C#N)cc4)CC3)c(C)cc2C(C)C)n[nH]1.COCCc1nc(-c2cc(C(=O)O)c(C)cc2C(C)C)n[nH]1.Cl.N#Cc1ccc(C2CCNCC2)cc1. The number of aryl methyl sites for hydroxylation is 2. The predicted octanol–water partition coefficient (Wildman–Crippen LogP) is 10.2. The number of H-pyrrole nitrogens is 2. The number of ether oxygens (including phenoxy) is 2. The summed E-state index contributed by atoms with van der Waals surface area (Å²) < 4.78 is 10.2. The number of halogens is 1. The predicted molar refractivity (Wildman–Crippen MR) is 282 cm³/mol. The molecule has 6 aromatic rings. The summed E-state index contributed by atoms with van der Waals surface area (Å²) in [5, 5.41) is 44.9. The van der Waals surface area contributed by atoms with E-state index in [0.717, 1.165) is 76.5 Å². The van der Waals surface area contributed by atoms with Gasteiger partial charge in [0.1, 0.15) is 11.6 Å². The van der Waals surface area contributed by atoms with Gasteiger partial charge in [-0.15, -0.1) is 12.4 Å². The third-order valence-electron chi connectivity index (χ3n) is 13.3. The summed E-state index contributed by atoms with van der Waals surface area (Å²) in [5.41, 5.74) is 10.6. The van der Waals surface area contributed by atoms with E-state index in [4.69, 9.17) is 20.0 Å². The van der Waals surface area contributed by atoms with Crippen LogP contribution in [0, 0.1) is 36.5 Å². The molecule has 8 rings (SSSR count). The number of nitriles is 2. The lowest BCUT2D eigenvalue weighted by Crippen LogP contribution is -2.38. The number of carboxylic acids is 1. The van der Waals surface area contributed by atoms with Crippen LogP contribution in [0.25, 0.3) is 22.8 Å². The highest BCUT2D eigenvalue weighted by atomic mass is 35.5. The number of aromatic nitrogens is 6. The van der Waals surface area contributed by atoms with Gasteiger partial charge in [-0.1, -0.05) is 64.1 Å². The molecule has 15 nitrogen and oxygen atoms in total. The first kappa shape index (κ1) is 56.2. The highest BCUT2D eigenvalue weighted by molar-refractivity contribution is 5.97. The first-order chi connectivity index (χ1) is 34.2. The van der Waals surface area contributed by atoms with Crippen LogP contribution in [0.15, 0.2) is 72.8 Å². The van der Waals surface area contributed by atoms with Gasteiger partial charge in [0.25, 0.3) is 5.91 Å². The molecule has 4 N–H and O–H groups in total. The molecule has 2 aromatic heterocycles. The molecule has 0 aliphatic carbocycles. The number of carboxylic acid groups (broad SMARTS) is 1. The summed E-state index contributed by atoms with van der Waals surface area (Å²) in [4.78, 5) is 36.0. The molecule has 0 radical (unpaired) electrons. The summed E-state index contributed by atoms with van der Waals surface area (Å²) in [6.07, 6.45) is 5.55. The second-order valence-electron chi connectivity index (χ2n) is 18.9. The van der Waals surface area contributed by atoms with E-state index in [0.29, 0.717) is 73.8 Å². The normalized spacial score (nSPS) is 13.8. The Morgan fingerprint density at radius 3 is 1.50 bits per heavy atom. The van der Waals surface area contributed by atoms with Gasteiger partial charge in [0.2, 0.25) is 0 Å². The summed E-state index contributed by atoms with van der Waals surface area (Å²) >= 11 is 0. The Morgan fingerprint density at radius 2 is 1.10 bits per heavy atom. The minimum atomic E-state index is -0.941. The van der Waals surface area contributed by atoms with Gasteiger partial charge in [-0.3, -0.25) is 15.0 Å². The van der Waals surface area contributed by atoms with Crippen molar-refractivity contribution in [2.24, 2.45) is 0 Å². The summed E-state index contributed by atoms with van der Waals surface area (Å²) in [7, 11) is 3.30. The number of nitrogens with one attached hydrogen (secondary N) is 3. The van der Waals surface area contributed by atoms with Crippen LogP contribution in [0.4, 0.5) is 0 Å². The number of aromatic amines is 2. The number of likely N-dealkylation sites (tertiary alicyclic amines) is 1. The second-order valence-corrected chi connectivity index (χ2v) is 18.9. The van der Waals surface area contributed by atoms with E-state index in [-0.39, 0.29) is 35.7 Å². The van der Waals surface area contributed by atoms with Crippen LogP contribution in [0.2, 0.25) is 0 Å². The topological polar surface area (TPSA) is 219 Å². The number of carbonyl (C=O) groups is 2. The first-order valence-corrected chi connectivity index (χ1v) is 24.6. The largest absolute Gasteiger partial charge is 0.478 e. The number of hydrogen-bond donors (Lipinski definition) is 4. The van der Waals surface area contributed by atoms with Gasteiger partial charge in [-0.05, 0) is 146 Å². The number of benzene rings is 4. The Bertz CT molecular complexity index is 2790. The molecule has 0 saturated carbocycles. The number of methoxy groups -OCH3 is 2. The van der Waals surface area contributed by atoms with Crippen molar-refractivity contribution in [2.45, 2.75) is 104 Å². The molecule has 1 amide bonds. The molecule has 0 unspecified atom stereocenters. The number of carbonyl (C=O) groups excluding carboxylic acids is 1. The number of piperidine rings is 2. The highest BCUT2D eigenvalue weighted by Crippen LogP contribution is 2.34. The number of hydrogen-bond acceptors (Lipinski definition) is 11. The molecule has 4 aromatic carbocycles. The molecule has 2 aliphatic rings. The van der Waals surface area contributed by atoms with Crippen LogP contribution >= 0.6 is 12.4 Å². The fourth-order valence-electron chi connectivity index (χ4n) is 9.12. The van der Waals surface area contributed by atoms with Crippen LogP contribution < -0.4 is 5.32 Å². The molecule has 2 fully saturated rings. The molecule has 2 aliphatic heterocycles. The monoisotopic (exact) mass is 997 g/mol. The third kappa shape index (κ3) is 14.7. The maximum atomic E-state index is 13.6. The average Bonchev–Trinajstić information content (AvgIpc) is 4.08. The molecule has 0 bridgehead atoms. The molecule has 2 saturated heterocycles. The third-order valence-corrected chi connectivity index (χ3v) is 13.3. The Hall–Kier alpha value is -6.75. The molecule has 0 atom stereocenters. The minimum Gasteiger partial charge on any atom is -0.478 e. The summed E-state index contributed by atoms with van der Waals surface area (Å²) in [6.45, 7) is 17.0. The Labute approximate surface area is 430 Å². The number of rotatable bonds is 14. The van der Waals surface area contributed by atoms with Crippen LogP contribution in [0.5, 0.6) is 0 Å². The Kier molecular flexibility index (Phi) is 21.2. The first-order valence-electron chi connectivity index (χ1n) is 24.6. The van der Waals surface area contributed by atoms with E-state index in [1.165, 1.54) is 24.0 Å². The van der Waals surface area contributed by atoms with E-state index in [1.807, 2.05) is 60.4 Å².